The molecule has 0 spiro atoms. The van der Waals surface area contributed by atoms with Crippen LogP contribution in [-0.4, -0.2) is 34.4 Å². The quantitative estimate of drug-likeness (QED) is 0.846. The van der Waals surface area contributed by atoms with E-state index in [9.17, 15) is 4.79 Å². The number of para-hydroxylation sites is 1. The van der Waals surface area contributed by atoms with Gasteiger partial charge in [0.1, 0.15) is 5.75 Å². The van der Waals surface area contributed by atoms with E-state index in [1.807, 2.05) is 48.1 Å². The molecule has 1 aliphatic heterocycles. The third-order valence-corrected chi connectivity index (χ3v) is 4.85. The minimum atomic E-state index is -0.289. The van der Waals surface area contributed by atoms with Crippen molar-refractivity contribution >= 4 is 5.91 Å². The number of hydrogen-bond acceptors (Lipinski definition) is 4. The molecule has 25 heavy (non-hydrogen) atoms. The molecule has 1 aliphatic rings. The predicted molar refractivity (Wildman–Crippen MR) is 96.4 cm³/mol. The number of carbonyl (C=O) groups is 1. The van der Waals surface area contributed by atoms with Gasteiger partial charge in [0.05, 0.1) is 24.7 Å². The molecule has 1 aromatic heterocycles. The van der Waals surface area contributed by atoms with Gasteiger partial charge in [0.15, 0.2) is 0 Å². The smallest absolute Gasteiger partial charge is 0.237 e. The maximum atomic E-state index is 12.6. The Morgan fingerprint density at radius 2 is 2.08 bits per heavy atom. The van der Waals surface area contributed by atoms with Crippen molar-refractivity contribution in [1.29, 1.82) is 0 Å². The Morgan fingerprint density at radius 3 is 2.84 bits per heavy atom. The Bertz CT molecular complexity index is 701. The van der Waals surface area contributed by atoms with Gasteiger partial charge in [0, 0.05) is 30.4 Å². The number of benzene rings is 1. The highest BCUT2D eigenvalue weighted by Gasteiger charge is 2.26. The lowest BCUT2D eigenvalue weighted by Gasteiger charge is -2.29. The third kappa shape index (κ3) is 4.02. The number of nitrogens with one attached hydrogen (secondary N) is 2. The topological polar surface area (TPSA) is 68.2 Å². The summed E-state index contributed by atoms with van der Waals surface area (Å²) in [4.78, 5) is 12.6. The molecule has 1 aromatic carbocycles. The number of nitrogens with zero attached hydrogens (tertiary/aromatic N) is 2. The number of fused-ring (bicyclic) bond motifs is 1. The van der Waals surface area contributed by atoms with Gasteiger partial charge in [-0.1, -0.05) is 18.2 Å². The summed E-state index contributed by atoms with van der Waals surface area (Å²) in [7, 11) is 0. The fourth-order valence-corrected chi connectivity index (χ4v) is 3.15. The van der Waals surface area contributed by atoms with E-state index in [1.54, 1.807) is 6.20 Å². The molecule has 4 atom stereocenters. The number of ether oxygens (including phenoxy) is 1. The fourth-order valence-electron chi connectivity index (χ4n) is 3.15. The molecule has 2 N–H and O–H groups in total. The van der Waals surface area contributed by atoms with Crippen LogP contribution in [0.25, 0.3) is 0 Å². The molecule has 0 fully saturated rings. The van der Waals surface area contributed by atoms with Crippen molar-refractivity contribution in [2.45, 2.75) is 51.4 Å². The zero-order chi connectivity index (χ0) is 17.8. The lowest BCUT2D eigenvalue weighted by Crippen LogP contribution is -2.49. The first-order valence-corrected chi connectivity index (χ1v) is 8.83. The van der Waals surface area contributed by atoms with E-state index >= 15 is 0 Å². The molecule has 6 heteroatoms. The van der Waals surface area contributed by atoms with E-state index in [1.165, 1.54) is 0 Å². The average molecular weight is 342 g/mol. The highest BCUT2D eigenvalue weighted by molar-refractivity contribution is 5.81. The summed E-state index contributed by atoms with van der Waals surface area (Å²) in [6, 6.07) is 9.78. The Morgan fingerprint density at radius 1 is 1.28 bits per heavy atom. The Balaban J connectivity index is 1.58. The van der Waals surface area contributed by atoms with E-state index in [4.69, 9.17) is 4.74 Å². The van der Waals surface area contributed by atoms with Gasteiger partial charge in [-0.15, -0.1) is 0 Å². The molecule has 6 nitrogen and oxygen atoms in total. The highest BCUT2D eigenvalue weighted by Crippen LogP contribution is 2.31. The van der Waals surface area contributed by atoms with Crippen LogP contribution in [0.1, 0.15) is 44.8 Å². The zero-order valence-electron chi connectivity index (χ0n) is 15.0. The van der Waals surface area contributed by atoms with Crippen molar-refractivity contribution in [2.75, 3.05) is 6.61 Å². The van der Waals surface area contributed by atoms with Crippen LogP contribution in [0.15, 0.2) is 42.7 Å². The van der Waals surface area contributed by atoms with Crippen LogP contribution in [0.3, 0.4) is 0 Å². The summed E-state index contributed by atoms with van der Waals surface area (Å²) in [5, 5.41) is 10.8. The van der Waals surface area contributed by atoms with Crippen molar-refractivity contribution < 1.29 is 9.53 Å². The summed E-state index contributed by atoms with van der Waals surface area (Å²) >= 11 is 0. The standard InChI is InChI=1S/C19H26N4O2/c1-13(15(3)23-11-6-10-20-23)21-14(2)19(24)22-17-9-12-25-18-8-5-4-7-16(17)18/h4-8,10-11,13-15,17,21H,9,12H2,1-3H3,(H,22,24)/t13-,14+,15-,17-/m1/s1. The van der Waals surface area contributed by atoms with Gasteiger partial charge in [0.25, 0.3) is 0 Å². The van der Waals surface area contributed by atoms with Crippen molar-refractivity contribution in [3.05, 3.63) is 48.3 Å². The van der Waals surface area contributed by atoms with E-state index in [0.717, 1.165) is 17.7 Å². The van der Waals surface area contributed by atoms with Crippen LogP contribution in [0, 0.1) is 0 Å². The minimum absolute atomic E-state index is 0.000505. The third-order valence-electron chi connectivity index (χ3n) is 4.85. The first-order valence-electron chi connectivity index (χ1n) is 8.83. The Kier molecular flexibility index (Phi) is 5.38. The van der Waals surface area contributed by atoms with Crippen LogP contribution < -0.4 is 15.4 Å². The van der Waals surface area contributed by atoms with Crippen LogP contribution in [-0.2, 0) is 4.79 Å². The largest absolute Gasteiger partial charge is 0.493 e. The average Bonchev–Trinajstić information content (AvgIpc) is 3.15. The van der Waals surface area contributed by atoms with Crippen LogP contribution in [0.4, 0.5) is 0 Å². The van der Waals surface area contributed by atoms with Gasteiger partial charge in [-0.05, 0) is 32.9 Å². The summed E-state index contributed by atoms with van der Waals surface area (Å²) in [6.07, 6.45) is 4.49. The second-order valence-corrected chi connectivity index (χ2v) is 6.64. The SMILES string of the molecule is C[C@H](N[C@H](C)[C@@H](C)n1cccn1)C(=O)N[C@@H]1CCOc2ccccc21. The van der Waals surface area contributed by atoms with E-state index in [0.29, 0.717) is 6.61 Å². The van der Waals surface area contributed by atoms with Gasteiger partial charge >= 0.3 is 0 Å². The zero-order valence-corrected chi connectivity index (χ0v) is 15.0. The maximum Gasteiger partial charge on any atom is 0.237 e. The number of carbonyl (C=O) groups excluding carboxylic acids is 1. The molecule has 0 unspecified atom stereocenters. The highest BCUT2D eigenvalue weighted by atomic mass is 16.5. The van der Waals surface area contributed by atoms with Crippen LogP contribution in [0.2, 0.25) is 0 Å². The second kappa shape index (κ2) is 7.70. The summed E-state index contributed by atoms with van der Waals surface area (Å²) in [5.74, 6) is 0.863. The molecule has 0 saturated carbocycles. The van der Waals surface area contributed by atoms with Crippen LogP contribution >= 0.6 is 0 Å². The molecular formula is C19H26N4O2. The van der Waals surface area contributed by atoms with Gasteiger partial charge < -0.3 is 15.4 Å². The Labute approximate surface area is 148 Å². The van der Waals surface area contributed by atoms with Crippen molar-refractivity contribution in [1.82, 2.24) is 20.4 Å². The maximum absolute atomic E-state index is 12.6. The number of amides is 1. The second-order valence-electron chi connectivity index (χ2n) is 6.64. The molecule has 0 saturated heterocycles. The van der Waals surface area contributed by atoms with Crippen LogP contribution in [0.5, 0.6) is 5.75 Å². The molecule has 2 aromatic rings. The minimum Gasteiger partial charge on any atom is -0.493 e. The van der Waals surface area contributed by atoms with E-state index in [2.05, 4.69) is 29.6 Å². The first kappa shape index (κ1) is 17.5. The molecule has 0 aliphatic carbocycles. The van der Waals surface area contributed by atoms with Gasteiger partial charge in [-0.25, -0.2) is 0 Å². The molecular weight excluding hydrogens is 316 g/mol. The van der Waals surface area contributed by atoms with Crippen molar-refractivity contribution in [2.24, 2.45) is 0 Å². The van der Waals surface area contributed by atoms with Gasteiger partial charge in [-0.2, -0.15) is 5.10 Å². The van der Waals surface area contributed by atoms with E-state index < -0.39 is 0 Å². The molecule has 0 radical (unpaired) electrons. The fraction of sp³-hybridized carbons (Fsp3) is 0.474. The molecule has 2 heterocycles. The Hall–Kier alpha value is -2.34. The molecule has 134 valence electrons. The van der Waals surface area contributed by atoms with Crippen molar-refractivity contribution in [3.63, 3.8) is 0 Å². The first-order chi connectivity index (χ1) is 12.1. The summed E-state index contributed by atoms with van der Waals surface area (Å²) in [5.41, 5.74) is 1.05. The summed E-state index contributed by atoms with van der Waals surface area (Å²) < 4.78 is 7.56. The summed E-state index contributed by atoms with van der Waals surface area (Å²) in [6.45, 7) is 6.67. The molecule has 1 amide bonds. The molecule has 3 rings (SSSR count). The van der Waals surface area contributed by atoms with Crippen molar-refractivity contribution in [3.8, 4) is 5.75 Å². The monoisotopic (exact) mass is 342 g/mol. The lowest BCUT2D eigenvalue weighted by atomic mass is 10.00. The number of hydrogen-bond donors (Lipinski definition) is 2. The van der Waals surface area contributed by atoms with Gasteiger partial charge in [0.2, 0.25) is 5.91 Å². The number of aromatic nitrogens is 2. The number of rotatable bonds is 6. The normalized spacial score (nSPS) is 20.0. The van der Waals surface area contributed by atoms with E-state index in [-0.39, 0.29) is 30.1 Å². The molecule has 0 bridgehead atoms. The predicted octanol–water partition coefficient (Wildman–Crippen LogP) is 2.45. The van der Waals surface area contributed by atoms with Gasteiger partial charge in [-0.3, -0.25) is 9.48 Å². The lowest BCUT2D eigenvalue weighted by molar-refractivity contribution is -0.124.